The molecule has 0 spiro atoms. The topological polar surface area (TPSA) is 62.3 Å². The number of aryl methyl sites for hydroxylation is 1. The Morgan fingerprint density at radius 1 is 1.25 bits per heavy atom. The van der Waals surface area contributed by atoms with E-state index in [1.807, 2.05) is 6.92 Å². The average Bonchev–Trinajstić information content (AvgIpc) is 2.97. The lowest BCUT2D eigenvalue weighted by molar-refractivity contribution is -0.115. The Balaban J connectivity index is 1.73. The van der Waals surface area contributed by atoms with Gasteiger partial charge in [-0.2, -0.15) is 11.8 Å². The third-order valence-electron chi connectivity index (χ3n) is 3.21. The predicted molar refractivity (Wildman–Crippen MR) is 101 cm³/mol. The van der Waals surface area contributed by atoms with E-state index in [9.17, 15) is 9.59 Å². The number of aromatic nitrogens is 1. The number of benzene rings is 1. The molecule has 0 bridgehead atoms. The molecule has 2 aromatic rings. The van der Waals surface area contributed by atoms with Crippen LogP contribution in [0, 0.1) is 6.92 Å². The second kappa shape index (κ2) is 8.84. The Kier molecular flexibility index (Phi) is 6.81. The van der Waals surface area contributed by atoms with Crippen LogP contribution in [0.1, 0.15) is 27.5 Å². The van der Waals surface area contributed by atoms with Gasteiger partial charge in [0.2, 0.25) is 5.91 Å². The first-order valence-electron chi connectivity index (χ1n) is 7.56. The zero-order chi connectivity index (χ0) is 17.5. The standard InChI is InChI=1S/C17H21N3O2S2/c1-12-18-15(11-24-12)10-23-9-8-16(21)19-14-6-4-13(5-7-14)17(22)20(2)3/h4-7,11H,8-10H2,1-3H3,(H,19,21). The maximum Gasteiger partial charge on any atom is 0.253 e. The summed E-state index contributed by atoms with van der Waals surface area (Å²) in [5.41, 5.74) is 2.38. The molecule has 0 saturated heterocycles. The van der Waals surface area contributed by atoms with E-state index in [1.165, 1.54) is 4.90 Å². The van der Waals surface area contributed by atoms with E-state index in [-0.39, 0.29) is 11.8 Å². The number of nitrogens with zero attached hydrogens (tertiary/aromatic N) is 2. The van der Waals surface area contributed by atoms with Crippen molar-refractivity contribution in [2.24, 2.45) is 0 Å². The van der Waals surface area contributed by atoms with Gasteiger partial charge in [-0.15, -0.1) is 11.3 Å². The van der Waals surface area contributed by atoms with Crippen molar-refractivity contribution >= 4 is 40.6 Å². The third kappa shape index (κ3) is 5.65. The predicted octanol–water partition coefficient (Wildman–Crippen LogP) is 3.42. The van der Waals surface area contributed by atoms with E-state index in [1.54, 1.807) is 61.5 Å². The summed E-state index contributed by atoms with van der Waals surface area (Å²) in [6, 6.07) is 6.94. The van der Waals surface area contributed by atoms with Gasteiger partial charge >= 0.3 is 0 Å². The zero-order valence-corrected chi connectivity index (χ0v) is 15.7. The molecule has 1 N–H and O–H groups in total. The molecule has 0 atom stereocenters. The number of hydrogen-bond acceptors (Lipinski definition) is 5. The summed E-state index contributed by atoms with van der Waals surface area (Å²) in [4.78, 5) is 29.7. The summed E-state index contributed by atoms with van der Waals surface area (Å²) < 4.78 is 0. The van der Waals surface area contributed by atoms with Crippen LogP contribution >= 0.6 is 23.1 Å². The van der Waals surface area contributed by atoms with Gasteiger partial charge in [-0.05, 0) is 31.2 Å². The number of carbonyl (C=O) groups is 2. The maximum absolute atomic E-state index is 11.9. The summed E-state index contributed by atoms with van der Waals surface area (Å²) in [5.74, 6) is 1.50. The highest BCUT2D eigenvalue weighted by Gasteiger charge is 2.08. The number of amides is 2. The van der Waals surface area contributed by atoms with Crippen LogP contribution in [0.3, 0.4) is 0 Å². The van der Waals surface area contributed by atoms with Crippen molar-refractivity contribution in [3.05, 3.63) is 45.9 Å². The van der Waals surface area contributed by atoms with E-state index in [4.69, 9.17) is 0 Å². The van der Waals surface area contributed by atoms with Crippen LogP contribution in [0.25, 0.3) is 0 Å². The molecule has 7 heteroatoms. The van der Waals surface area contributed by atoms with Gasteiger partial charge in [-0.1, -0.05) is 0 Å². The number of anilines is 1. The largest absolute Gasteiger partial charge is 0.345 e. The first kappa shape index (κ1) is 18.5. The molecule has 0 aliphatic heterocycles. The van der Waals surface area contributed by atoms with Crippen molar-refractivity contribution in [1.82, 2.24) is 9.88 Å². The molecule has 1 heterocycles. The van der Waals surface area contributed by atoms with Crippen molar-refractivity contribution in [3.63, 3.8) is 0 Å². The van der Waals surface area contributed by atoms with E-state index in [2.05, 4.69) is 15.7 Å². The van der Waals surface area contributed by atoms with Gasteiger partial charge in [-0.25, -0.2) is 4.98 Å². The normalized spacial score (nSPS) is 10.5. The molecule has 1 aromatic heterocycles. The number of hydrogen-bond donors (Lipinski definition) is 1. The number of carbonyl (C=O) groups excluding carboxylic acids is 2. The van der Waals surface area contributed by atoms with Crippen molar-refractivity contribution in [2.45, 2.75) is 19.1 Å². The SMILES string of the molecule is Cc1nc(CSCCC(=O)Nc2ccc(C(=O)N(C)C)cc2)cs1. The highest BCUT2D eigenvalue weighted by Crippen LogP contribution is 2.16. The fourth-order valence-corrected chi connectivity index (χ4v) is 3.54. The Hall–Kier alpha value is -1.86. The smallest absolute Gasteiger partial charge is 0.253 e. The molecule has 2 amide bonds. The van der Waals surface area contributed by atoms with Gasteiger partial charge in [0.25, 0.3) is 5.91 Å². The Morgan fingerprint density at radius 2 is 1.96 bits per heavy atom. The molecule has 5 nitrogen and oxygen atoms in total. The Labute approximate surface area is 150 Å². The molecule has 128 valence electrons. The molecule has 0 aliphatic rings. The lowest BCUT2D eigenvalue weighted by atomic mass is 10.2. The minimum atomic E-state index is -0.0541. The second-order valence-electron chi connectivity index (χ2n) is 5.49. The van der Waals surface area contributed by atoms with Crippen LogP contribution < -0.4 is 5.32 Å². The highest BCUT2D eigenvalue weighted by atomic mass is 32.2. The first-order chi connectivity index (χ1) is 11.5. The fraction of sp³-hybridized carbons (Fsp3) is 0.353. The van der Waals surface area contributed by atoms with E-state index in [0.29, 0.717) is 17.7 Å². The highest BCUT2D eigenvalue weighted by molar-refractivity contribution is 7.98. The summed E-state index contributed by atoms with van der Waals surface area (Å²) in [7, 11) is 3.42. The molecule has 24 heavy (non-hydrogen) atoms. The number of thioether (sulfide) groups is 1. The molecule has 0 saturated carbocycles. The van der Waals surface area contributed by atoms with Crippen LogP contribution in [0.15, 0.2) is 29.6 Å². The fourth-order valence-electron chi connectivity index (χ4n) is 1.99. The van der Waals surface area contributed by atoms with Gasteiger partial charge in [0.15, 0.2) is 0 Å². The van der Waals surface area contributed by atoms with E-state index >= 15 is 0 Å². The molecule has 0 fully saturated rings. The molecule has 2 rings (SSSR count). The molecule has 0 aliphatic carbocycles. The minimum absolute atomic E-state index is 0.0244. The van der Waals surface area contributed by atoms with Crippen LogP contribution in [0.4, 0.5) is 5.69 Å². The molecular formula is C17H21N3O2S2. The Morgan fingerprint density at radius 3 is 2.54 bits per heavy atom. The number of thiazole rings is 1. The molecule has 0 unspecified atom stereocenters. The van der Waals surface area contributed by atoms with Gasteiger partial charge in [0, 0.05) is 48.7 Å². The van der Waals surface area contributed by atoms with Crippen LogP contribution in [-0.4, -0.2) is 41.5 Å². The van der Waals surface area contributed by atoms with Gasteiger partial charge < -0.3 is 10.2 Å². The first-order valence-corrected chi connectivity index (χ1v) is 9.59. The number of rotatable bonds is 7. The summed E-state index contributed by atoms with van der Waals surface area (Å²) >= 11 is 3.35. The number of nitrogens with one attached hydrogen (secondary N) is 1. The van der Waals surface area contributed by atoms with Crippen molar-refractivity contribution in [1.29, 1.82) is 0 Å². The summed E-state index contributed by atoms with van der Waals surface area (Å²) in [5, 5.41) is 5.97. The van der Waals surface area contributed by atoms with Crippen molar-refractivity contribution in [2.75, 3.05) is 25.2 Å². The summed E-state index contributed by atoms with van der Waals surface area (Å²) in [6.07, 6.45) is 0.451. The summed E-state index contributed by atoms with van der Waals surface area (Å²) in [6.45, 7) is 1.99. The van der Waals surface area contributed by atoms with Gasteiger partial charge in [0.05, 0.1) is 10.7 Å². The lowest BCUT2D eigenvalue weighted by Gasteiger charge is -2.11. The Bertz CT molecular complexity index is 696. The quantitative estimate of drug-likeness (QED) is 0.766. The van der Waals surface area contributed by atoms with Crippen molar-refractivity contribution < 1.29 is 9.59 Å². The van der Waals surface area contributed by atoms with Gasteiger partial charge in [-0.3, -0.25) is 9.59 Å². The third-order valence-corrected chi connectivity index (χ3v) is 5.03. The molecular weight excluding hydrogens is 342 g/mol. The van der Waals surface area contributed by atoms with Crippen LogP contribution in [-0.2, 0) is 10.5 Å². The van der Waals surface area contributed by atoms with Crippen molar-refractivity contribution in [3.8, 4) is 0 Å². The maximum atomic E-state index is 11.9. The second-order valence-corrected chi connectivity index (χ2v) is 7.65. The molecule has 0 radical (unpaired) electrons. The van der Waals surface area contributed by atoms with Crippen LogP contribution in [0.5, 0.6) is 0 Å². The van der Waals surface area contributed by atoms with E-state index < -0.39 is 0 Å². The van der Waals surface area contributed by atoms with E-state index in [0.717, 1.165) is 22.2 Å². The lowest BCUT2D eigenvalue weighted by Crippen LogP contribution is -2.21. The molecule has 1 aromatic carbocycles. The van der Waals surface area contributed by atoms with Gasteiger partial charge in [0.1, 0.15) is 0 Å². The van der Waals surface area contributed by atoms with Crippen LogP contribution in [0.2, 0.25) is 0 Å². The monoisotopic (exact) mass is 363 g/mol. The minimum Gasteiger partial charge on any atom is -0.345 e. The zero-order valence-electron chi connectivity index (χ0n) is 14.0. The average molecular weight is 364 g/mol.